The summed E-state index contributed by atoms with van der Waals surface area (Å²) in [6.07, 6.45) is 3.69. The Morgan fingerprint density at radius 1 is 1.22 bits per heavy atom. The molecule has 4 aromatic rings. The highest BCUT2D eigenvalue weighted by atomic mass is 32.1. The van der Waals surface area contributed by atoms with Gasteiger partial charge in [0.25, 0.3) is 0 Å². The summed E-state index contributed by atoms with van der Waals surface area (Å²) >= 11 is 1.63. The average molecular weight is 322 g/mol. The van der Waals surface area contributed by atoms with Gasteiger partial charge in [-0.25, -0.2) is 0 Å². The van der Waals surface area contributed by atoms with E-state index in [0.29, 0.717) is 0 Å². The third-order valence-electron chi connectivity index (χ3n) is 3.58. The molecule has 23 heavy (non-hydrogen) atoms. The standard InChI is InChI=1S/C17H14N4OS/c22-16(19-14-4-1-3-12-6-8-18-17(12)14)11-21-9-7-13(20-21)15-5-2-10-23-15/h1-10,18H,11H2,(H,19,22). The summed E-state index contributed by atoms with van der Waals surface area (Å²) < 4.78 is 1.65. The molecular formula is C17H14N4OS. The van der Waals surface area contributed by atoms with Crippen molar-refractivity contribution < 1.29 is 4.79 Å². The number of benzene rings is 1. The Hall–Kier alpha value is -2.86. The monoisotopic (exact) mass is 322 g/mol. The number of hydrogen-bond donors (Lipinski definition) is 2. The number of aromatic nitrogens is 3. The van der Waals surface area contributed by atoms with Gasteiger partial charge in [0.05, 0.1) is 16.1 Å². The van der Waals surface area contributed by atoms with Crippen LogP contribution in [0.4, 0.5) is 5.69 Å². The number of rotatable bonds is 4. The van der Waals surface area contributed by atoms with Gasteiger partial charge in [0, 0.05) is 17.8 Å². The molecule has 0 spiro atoms. The Labute approximate surface area is 136 Å². The summed E-state index contributed by atoms with van der Waals surface area (Å²) in [5.74, 6) is -0.104. The highest BCUT2D eigenvalue weighted by molar-refractivity contribution is 7.13. The van der Waals surface area contributed by atoms with Crippen LogP contribution in [0.3, 0.4) is 0 Å². The molecule has 3 aromatic heterocycles. The van der Waals surface area contributed by atoms with Crippen LogP contribution in [0.25, 0.3) is 21.5 Å². The lowest BCUT2D eigenvalue weighted by molar-refractivity contribution is -0.116. The lowest BCUT2D eigenvalue weighted by Crippen LogP contribution is -2.19. The minimum Gasteiger partial charge on any atom is -0.359 e. The smallest absolute Gasteiger partial charge is 0.246 e. The van der Waals surface area contributed by atoms with Crippen molar-refractivity contribution in [2.75, 3.05) is 5.32 Å². The number of aromatic amines is 1. The molecule has 1 amide bonds. The van der Waals surface area contributed by atoms with E-state index in [-0.39, 0.29) is 12.5 Å². The summed E-state index contributed by atoms with van der Waals surface area (Å²) in [7, 11) is 0. The van der Waals surface area contributed by atoms with Gasteiger partial charge in [0.2, 0.25) is 5.91 Å². The van der Waals surface area contributed by atoms with Crippen LogP contribution in [-0.4, -0.2) is 20.7 Å². The van der Waals surface area contributed by atoms with E-state index in [1.54, 1.807) is 16.0 Å². The van der Waals surface area contributed by atoms with Crippen LogP contribution in [0.2, 0.25) is 0 Å². The third-order valence-corrected chi connectivity index (χ3v) is 4.47. The first-order chi connectivity index (χ1) is 11.3. The summed E-state index contributed by atoms with van der Waals surface area (Å²) in [5, 5.41) is 10.5. The Kier molecular flexibility index (Phi) is 3.44. The molecule has 0 bridgehead atoms. The molecule has 2 N–H and O–H groups in total. The first-order valence-electron chi connectivity index (χ1n) is 7.23. The zero-order valence-electron chi connectivity index (χ0n) is 12.2. The van der Waals surface area contributed by atoms with Gasteiger partial charge in [0.1, 0.15) is 12.2 Å². The van der Waals surface area contributed by atoms with Crippen LogP contribution in [0.5, 0.6) is 0 Å². The molecule has 0 unspecified atom stereocenters. The molecule has 1 aromatic carbocycles. The summed E-state index contributed by atoms with van der Waals surface area (Å²) in [6, 6.07) is 13.7. The maximum atomic E-state index is 12.3. The molecule has 6 heteroatoms. The zero-order valence-corrected chi connectivity index (χ0v) is 13.0. The van der Waals surface area contributed by atoms with E-state index in [1.165, 1.54) is 0 Å². The Morgan fingerprint density at radius 2 is 2.17 bits per heavy atom. The van der Waals surface area contributed by atoms with E-state index in [2.05, 4.69) is 15.4 Å². The highest BCUT2D eigenvalue weighted by Gasteiger charge is 2.09. The first-order valence-corrected chi connectivity index (χ1v) is 8.11. The molecule has 0 radical (unpaired) electrons. The normalized spacial score (nSPS) is 11.0. The molecular weight excluding hydrogens is 308 g/mol. The number of nitrogens with one attached hydrogen (secondary N) is 2. The van der Waals surface area contributed by atoms with Gasteiger partial charge >= 0.3 is 0 Å². The number of fused-ring (bicyclic) bond motifs is 1. The SMILES string of the molecule is O=C(Cn1ccc(-c2cccs2)n1)Nc1cccc2cc[nH]c12. The number of hydrogen-bond acceptors (Lipinski definition) is 3. The van der Waals surface area contributed by atoms with Gasteiger partial charge in [-0.2, -0.15) is 5.10 Å². The van der Waals surface area contributed by atoms with Crippen molar-refractivity contribution in [3.63, 3.8) is 0 Å². The minimum atomic E-state index is -0.104. The lowest BCUT2D eigenvalue weighted by Gasteiger charge is -2.06. The predicted octanol–water partition coefficient (Wildman–Crippen LogP) is 3.73. The van der Waals surface area contributed by atoms with E-state index in [0.717, 1.165) is 27.2 Å². The summed E-state index contributed by atoms with van der Waals surface area (Å²) in [5.41, 5.74) is 2.60. The first kappa shape index (κ1) is 13.8. The number of amides is 1. The molecule has 0 saturated carbocycles. The van der Waals surface area contributed by atoms with Crippen LogP contribution in [-0.2, 0) is 11.3 Å². The molecule has 0 aliphatic carbocycles. The van der Waals surface area contributed by atoms with Crippen molar-refractivity contribution in [3.05, 3.63) is 60.2 Å². The highest BCUT2D eigenvalue weighted by Crippen LogP contribution is 2.23. The van der Waals surface area contributed by atoms with Gasteiger partial charge in [-0.15, -0.1) is 11.3 Å². The molecule has 0 aliphatic heterocycles. The van der Waals surface area contributed by atoms with Gasteiger partial charge in [0.15, 0.2) is 0 Å². The summed E-state index contributed by atoms with van der Waals surface area (Å²) in [4.78, 5) is 16.5. The second-order valence-electron chi connectivity index (χ2n) is 5.17. The van der Waals surface area contributed by atoms with Gasteiger partial charge in [-0.1, -0.05) is 18.2 Å². The Bertz CT molecular complexity index is 952. The number of H-pyrrole nitrogens is 1. The number of carbonyl (C=O) groups excluding carboxylic acids is 1. The zero-order chi connectivity index (χ0) is 15.6. The number of carbonyl (C=O) groups is 1. The Morgan fingerprint density at radius 3 is 3.04 bits per heavy atom. The van der Waals surface area contributed by atoms with Crippen molar-refractivity contribution in [1.82, 2.24) is 14.8 Å². The molecule has 4 rings (SSSR count). The number of para-hydroxylation sites is 1. The molecule has 0 saturated heterocycles. The van der Waals surface area contributed by atoms with Crippen LogP contribution in [0.1, 0.15) is 0 Å². The van der Waals surface area contributed by atoms with E-state index in [4.69, 9.17) is 0 Å². The van der Waals surface area contributed by atoms with E-state index in [1.807, 2.05) is 60.2 Å². The second kappa shape index (κ2) is 5.73. The van der Waals surface area contributed by atoms with Crippen molar-refractivity contribution in [3.8, 4) is 10.6 Å². The van der Waals surface area contributed by atoms with Gasteiger partial charge in [-0.05, 0) is 29.6 Å². The molecule has 0 fully saturated rings. The topological polar surface area (TPSA) is 62.7 Å². The predicted molar refractivity (Wildman–Crippen MR) is 92.5 cm³/mol. The van der Waals surface area contributed by atoms with E-state index >= 15 is 0 Å². The number of thiophene rings is 1. The van der Waals surface area contributed by atoms with E-state index < -0.39 is 0 Å². The fraction of sp³-hybridized carbons (Fsp3) is 0.0588. The fourth-order valence-corrected chi connectivity index (χ4v) is 3.22. The van der Waals surface area contributed by atoms with Crippen LogP contribution in [0.15, 0.2) is 60.2 Å². The van der Waals surface area contributed by atoms with Gasteiger partial charge < -0.3 is 10.3 Å². The number of anilines is 1. The second-order valence-corrected chi connectivity index (χ2v) is 6.12. The van der Waals surface area contributed by atoms with E-state index in [9.17, 15) is 4.79 Å². The maximum absolute atomic E-state index is 12.3. The molecule has 5 nitrogen and oxygen atoms in total. The van der Waals surface area contributed by atoms with Crippen LogP contribution in [0, 0.1) is 0 Å². The summed E-state index contributed by atoms with van der Waals surface area (Å²) in [6.45, 7) is 0.183. The molecule has 3 heterocycles. The quantitative estimate of drug-likeness (QED) is 0.601. The Balaban J connectivity index is 1.49. The van der Waals surface area contributed by atoms with Crippen molar-refractivity contribution >= 4 is 33.8 Å². The van der Waals surface area contributed by atoms with Crippen molar-refractivity contribution in [2.24, 2.45) is 0 Å². The van der Waals surface area contributed by atoms with Gasteiger partial charge in [-0.3, -0.25) is 9.48 Å². The van der Waals surface area contributed by atoms with Crippen molar-refractivity contribution in [2.45, 2.75) is 6.54 Å². The fourth-order valence-electron chi connectivity index (χ4n) is 2.53. The van der Waals surface area contributed by atoms with Crippen molar-refractivity contribution in [1.29, 1.82) is 0 Å². The largest absolute Gasteiger partial charge is 0.359 e. The number of nitrogens with zero attached hydrogens (tertiary/aromatic N) is 2. The lowest BCUT2D eigenvalue weighted by atomic mass is 10.2. The third kappa shape index (κ3) is 2.76. The minimum absolute atomic E-state index is 0.104. The molecule has 0 atom stereocenters. The van der Waals surface area contributed by atoms with Crippen LogP contribution < -0.4 is 5.32 Å². The average Bonchev–Trinajstić information content (AvgIpc) is 3.28. The maximum Gasteiger partial charge on any atom is 0.246 e. The molecule has 114 valence electrons. The molecule has 0 aliphatic rings. The van der Waals surface area contributed by atoms with Crippen LogP contribution >= 0.6 is 11.3 Å².